The number of nitrogens with one attached hydrogen (secondary N) is 1. The summed E-state index contributed by atoms with van der Waals surface area (Å²) in [5, 5.41) is 12.3. The Morgan fingerprint density at radius 3 is 3.09 bits per heavy atom. The molecule has 2 amide bonds. The Bertz CT molecular complexity index is 523. The molecule has 120 valence electrons. The number of ether oxygens (including phenoxy) is 2. The third-order valence-corrected chi connectivity index (χ3v) is 4.18. The quantitative estimate of drug-likeness (QED) is 0.868. The first-order valence-corrected chi connectivity index (χ1v) is 7.69. The number of rotatable bonds is 2. The average molecular weight is 306 g/mol. The zero-order valence-corrected chi connectivity index (χ0v) is 12.6. The number of phenols is 1. The number of morpholine rings is 1. The standard InChI is InChI=1S/C16H22N2O4/c19-14-4-1-3-13(9-14)10-17-15(20)18-6-8-22-16(11-18)5-2-7-21-12-16/h1,3-4,9,19H,2,5-8,10-12H2,(H,17,20). The third-order valence-electron chi connectivity index (χ3n) is 4.18. The Labute approximate surface area is 130 Å². The minimum Gasteiger partial charge on any atom is -0.508 e. The number of hydrogen-bond donors (Lipinski definition) is 2. The maximum Gasteiger partial charge on any atom is 0.317 e. The first-order chi connectivity index (χ1) is 10.7. The summed E-state index contributed by atoms with van der Waals surface area (Å²) >= 11 is 0. The largest absolute Gasteiger partial charge is 0.508 e. The Morgan fingerprint density at radius 2 is 2.32 bits per heavy atom. The molecule has 2 fully saturated rings. The second-order valence-electron chi connectivity index (χ2n) is 5.94. The summed E-state index contributed by atoms with van der Waals surface area (Å²) in [5.74, 6) is 0.205. The van der Waals surface area contributed by atoms with Crippen molar-refractivity contribution in [1.82, 2.24) is 10.2 Å². The summed E-state index contributed by atoms with van der Waals surface area (Å²) in [6, 6.07) is 6.79. The molecule has 22 heavy (non-hydrogen) atoms. The lowest BCUT2D eigenvalue weighted by atomic mass is 9.94. The van der Waals surface area contributed by atoms with E-state index in [1.54, 1.807) is 23.1 Å². The Balaban J connectivity index is 1.55. The number of nitrogens with zero attached hydrogens (tertiary/aromatic N) is 1. The Hall–Kier alpha value is -1.79. The zero-order chi connectivity index (χ0) is 15.4. The van der Waals surface area contributed by atoms with Gasteiger partial charge in [0, 0.05) is 19.7 Å². The van der Waals surface area contributed by atoms with Crippen molar-refractivity contribution in [2.75, 3.05) is 32.9 Å². The second kappa shape index (κ2) is 6.54. The van der Waals surface area contributed by atoms with E-state index in [4.69, 9.17) is 9.47 Å². The van der Waals surface area contributed by atoms with Crippen molar-refractivity contribution in [3.8, 4) is 5.75 Å². The summed E-state index contributed by atoms with van der Waals surface area (Å²) < 4.78 is 11.4. The lowest BCUT2D eigenvalue weighted by Crippen LogP contribution is -2.58. The van der Waals surface area contributed by atoms with Crippen LogP contribution >= 0.6 is 0 Å². The lowest BCUT2D eigenvalue weighted by molar-refractivity contribution is -0.160. The van der Waals surface area contributed by atoms with Crippen LogP contribution in [-0.2, 0) is 16.0 Å². The van der Waals surface area contributed by atoms with Gasteiger partial charge >= 0.3 is 6.03 Å². The molecular formula is C16H22N2O4. The van der Waals surface area contributed by atoms with Crippen molar-refractivity contribution >= 4 is 6.03 Å². The van der Waals surface area contributed by atoms with Crippen LogP contribution in [0.1, 0.15) is 18.4 Å². The van der Waals surface area contributed by atoms with E-state index in [9.17, 15) is 9.90 Å². The third kappa shape index (κ3) is 3.51. The van der Waals surface area contributed by atoms with Crippen LogP contribution < -0.4 is 5.32 Å². The van der Waals surface area contributed by atoms with E-state index in [0.717, 1.165) is 25.0 Å². The molecule has 6 heteroatoms. The van der Waals surface area contributed by atoms with Crippen molar-refractivity contribution in [2.24, 2.45) is 0 Å². The fraction of sp³-hybridized carbons (Fsp3) is 0.562. The van der Waals surface area contributed by atoms with Crippen LogP contribution in [0.15, 0.2) is 24.3 Å². The summed E-state index contributed by atoms with van der Waals surface area (Å²) in [7, 11) is 0. The van der Waals surface area contributed by atoms with E-state index in [1.807, 2.05) is 6.07 Å². The molecule has 0 aliphatic carbocycles. The Morgan fingerprint density at radius 1 is 1.41 bits per heavy atom. The topological polar surface area (TPSA) is 71.0 Å². The Kier molecular flexibility index (Phi) is 4.49. The molecule has 2 saturated heterocycles. The lowest BCUT2D eigenvalue weighted by Gasteiger charge is -2.44. The molecule has 1 atom stereocenters. The zero-order valence-electron chi connectivity index (χ0n) is 12.6. The molecule has 2 heterocycles. The summed E-state index contributed by atoms with van der Waals surface area (Å²) in [5.41, 5.74) is 0.538. The predicted molar refractivity (Wildman–Crippen MR) is 80.7 cm³/mol. The van der Waals surface area contributed by atoms with Crippen LogP contribution in [0.4, 0.5) is 4.79 Å². The van der Waals surface area contributed by atoms with Gasteiger partial charge in [-0.25, -0.2) is 4.79 Å². The van der Waals surface area contributed by atoms with Crippen LogP contribution in [0.5, 0.6) is 5.75 Å². The molecular weight excluding hydrogens is 284 g/mol. The van der Waals surface area contributed by atoms with Crippen molar-refractivity contribution < 1.29 is 19.4 Å². The highest BCUT2D eigenvalue weighted by Gasteiger charge is 2.40. The molecule has 0 radical (unpaired) electrons. The first-order valence-electron chi connectivity index (χ1n) is 7.69. The maximum atomic E-state index is 12.3. The number of hydrogen-bond acceptors (Lipinski definition) is 4. The highest BCUT2D eigenvalue weighted by molar-refractivity contribution is 5.74. The van der Waals surface area contributed by atoms with Gasteiger partial charge in [0.15, 0.2) is 0 Å². The van der Waals surface area contributed by atoms with E-state index < -0.39 is 0 Å². The van der Waals surface area contributed by atoms with Gasteiger partial charge in [-0.1, -0.05) is 12.1 Å². The molecule has 2 aliphatic rings. The fourth-order valence-electron chi connectivity index (χ4n) is 3.04. The van der Waals surface area contributed by atoms with E-state index in [0.29, 0.717) is 32.8 Å². The average Bonchev–Trinajstić information content (AvgIpc) is 2.53. The van der Waals surface area contributed by atoms with Crippen molar-refractivity contribution in [1.29, 1.82) is 0 Å². The van der Waals surface area contributed by atoms with E-state index >= 15 is 0 Å². The number of benzene rings is 1. The molecule has 1 aromatic rings. The molecule has 3 rings (SSSR count). The van der Waals surface area contributed by atoms with Gasteiger partial charge in [0.2, 0.25) is 0 Å². The minimum absolute atomic E-state index is 0.100. The summed E-state index contributed by atoms with van der Waals surface area (Å²) in [6.07, 6.45) is 1.90. The number of phenolic OH excluding ortho intramolecular Hbond substituents is 1. The molecule has 2 N–H and O–H groups in total. The molecule has 2 aliphatic heterocycles. The monoisotopic (exact) mass is 306 g/mol. The van der Waals surface area contributed by atoms with E-state index in [-0.39, 0.29) is 17.4 Å². The van der Waals surface area contributed by atoms with E-state index in [1.165, 1.54) is 0 Å². The van der Waals surface area contributed by atoms with Crippen LogP contribution in [-0.4, -0.2) is 54.5 Å². The summed E-state index contributed by atoms with van der Waals surface area (Å²) in [6.45, 7) is 3.43. The van der Waals surface area contributed by atoms with Crippen LogP contribution in [0.2, 0.25) is 0 Å². The van der Waals surface area contributed by atoms with Crippen LogP contribution in [0.3, 0.4) is 0 Å². The predicted octanol–water partition coefficient (Wildman–Crippen LogP) is 1.48. The molecule has 0 saturated carbocycles. The van der Waals surface area contributed by atoms with Crippen molar-refractivity contribution in [3.63, 3.8) is 0 Å². The molecule has 1 aromatic carbocycles. The smallest absolute Gasteiger partial charge is 0.317 e. The van der Waals surface area contributed by atoms with Crippen LogP contribution in [0.25, 0.3) is 0 Å². The SMILES string of the molecule is O=C(NCc1cccc(O)c1)N1CCOC2(CCCOC2)C1. The van der Waals surface area contributed by atoms with Gasteiger partial charge in [0.25, 0.3) is 0 Å². The molecule has 1 unspecified atom stereocenters. The summed E-state index contributed by atoms with van der Waals surface area (Å²) in [4.78, 5) is 14.1. The highest BCUT2D eigenvalue weighted by atomic mass is 16.5. The number of amides is 2. The number of aromatic hydroxyl groups is 1. The van der Waals surface area contributed by atoms with Gasteiger partial charge in [-0.15, -0.1) is 0 Å². The van der Waals surface area contributed by atoms with Gasteiger partial charge in [-0.05, 0) is 30.5 Å². The number of carbonyl (C=O) groups excluding carboxylic acids is 1. The number of carbonyl (C=O) groups is 1. The first kappa shape index (κ1) is 15.1. The van der Waals surface area contributed by atoms with Crippen LogP contribution in [0, 0.1) is 0 Å². The van der Waals surface area contributed by atoms with Crippen molar-refractivity contribution in [3.05, 3.63) is 29.8 Å². The fourth-order valence-corrected chi connectivity index (χ4v) is 3.04. The number of urea groups is 1. The van der Waals surface area contributed by atoms with Gasteiger partial charge in [-0.3, -0.25) is 0 Å². The van der Waals surface area contributed by atoms with Crippen molar-refractivity contribution in [2.45, 2.75) is 25.0 Å². The normalized spacial score (nSPS) is 25.2. The second-order valence-corrected chi connectivity index (χ2v) is 5.94. The van der Waals surface area contributed by atoms with Gasteiger partial charge in [0.05, 0.1) is 19.8 Å². The highest BCUT2D eigenvalue weighted by Crippen LogP contribution is 2.27. The van der Waals surface area contributed by atoms with Gasteiger partial charge in [0.1, 0.15) is 11.4 Å². The van der Waals surface area contributed by atoms with Gasteiger partial charge in [-0.2, -0.15) is 0 Å². The maximum absolute atomic E-state index is 12.3. The molecule has 0 aromatic heterocycles. The molecule has 6 nitrogen and oxygen atoms in total. The van der Waals surface area contributed by atoms with Gasteiger partial charge < -0.3 is 24.8 Å². The van der Waals surface area contributed by atoms with E-state index in [2.05, 4.69) is 5.32 Å². The minimum atomic E-state index is -0.334. The molecule has 1 spiro atoms. The molecule has 0 bridgehead atoms.